The van der Waals surface area contributed by atoms with Gasteiger partial charge in [0.05, 0.1) is 32.5 Å². The molecule has 9 nitrogen and oxygen atoms in total. The molecule has 3 rings (SSSR count). The van der Waals surface area contributed by atoms with Gasteiger partial charge in [-0.05, 0) is 50.8 Å². The van der Waals surface area contributed by atoms with Gasteiger partial charge in [-0.15, -0.1) is 0 Å². The van der Waals surface area contributed by atoms with Gasteiger partial charge >= 0.3 is 11.9 Å². The molecule has 0 radical (unpaired) electrons. The summed E-state index contributed by atoms with van der Waals surface area (Å²) < 4.78 is 21.1. The topological polar surface area (TPSA) is 120 Å². The predicted molar refractivity (Wildman–Crippen MR) is 127 cm³/mol. The molecule has 0 saturated carbocycles. The number of hydrogen-bond acceptors (Lipinski definition) is 9. The Kier molecular flexibility index (Phi) is 8.22. The number of dihydropyridines is 1. The zero-order chi connectivity index (χ0) is 25.9. The largest absolute Gasteiger partial charge is 0.504 e. The molecule has 0 spiro atoms. The van der Waals surface area contributed by atoms with Crippen molar-refractivity contribution in [2.24, 2.45) is 11.8 Å². The van der Waals surface area contributed by atoms with E-state index in [1.807, 2.05) is 20.8 Å². The van der Waals surface area contributed by atoms with Gasteiger partial charge in [0.1, 0.15) is 12.5 Å². The van der Waals surface area contributed by atoms with Crippen molar-refractivity contribution < 1.29 is 38.4 Å². The van der Waals surface area contributed by atoms with Crippen LogP contribution in [0, 0.1) is 11.8 Å². The number of carbonyl (C=O) groups is 3. The maximum absolute atomic E-state index is 13.7. The second-order valence-electron chi connectivity index (χ2n) is 9.02. The average molecular weight is 488 g/mol. The summed E-state index contributed by atoms with van der Waals surface area (Å²) in [5.74, 6) is -3.61. The Labute approximate surface area is 205 Å². The zero-order valence-corrected chi connectivity index (χ0v) is 21.0. The fourth-order valence-electron chi connectivity index (χ4n) is 4.65. The van der Waals surface area contributed by atoms with Gasteiger partial charge in [0, 0.05) is 22.9 Å². The minimum Gasteiger partial charge on any atom is -0.504 e. The van der Waals surface area contributed by atoms with Crippen LogP contribution >= 0.6 is 0 Å². The molecule has 0 fully saturated rings. The van der Waals surface area contributed by atoms with Crippen LogP contribution in [0.15, 0.2) is 40.7 Å². The number of nitrogens with one attached hydrogen (secondary N) is 1. The number of esters is 2. The van der Waals surface area contributed by atoms with Crippen LogP contribution in [-0.2, 0) is 28.6 Å². The quantitative estimate of drug-likeness (QED) is 0.324. The van der Waals surface area contributed by atoms with E-state index in [4.69, 9.17) is 18.9 Å². The van der Waals surface area contributed by atoms with Gasteiger partial charge in [0.25, 0.3) is 0 Å². The van der Waals surface area contributed by atoms with Crippen molar-refractivity contribution in [1.29, 1.82) is 0 Å². The lowest BCUT2D eigenvalue weighted by Crippen LogP contribution is -2.43. The van der Waals surface area contributed by atoms with Gasteiger partial charge in [-0.1, -0.05) is 13.0 Å². The summed E-state index contributed by atoms with van der Waals surface area (Å²) in [5.41, 5.74) is 2.30. The molecule has 190 valence electrons. The van der Waals surface area contributed by atoms with Gasteiger partial charge in [-0.25, -0.2) is 4.79 Å². The van der Waals surface area contributed by atoms with E-state index >= 15 is 0 Å². The molecule has 1 aliphatic heterocycles. The molecule has 2 aliphatic rings. The lowest BCUT2D eigenvalue weighted by molar-refractivity contribution is -0.151. The fraction of sp³-hybridized carbons (Fsp3) is 0.500. The van der Waals surface area contributed by atoms with Crippen LogP contribution < -0.4 is 10.1 Å². The first-order chi connectivity index (χ1) is 16.6. The summed E-state index contributed by atoms with van der Waals surface area (Å²) in [7, 11) is 2.66. The Morgan fingerprint density at radius 3 is 2.54 bits per heavy atom. The maximum atomic E-state index is 13.7. The predicted octanol–water partition coefficient (Wildman–Crippen LogP) is 2.98. The summed E-state index contributed by atoms with van der Waals surface area (Å²) in [4.78, 5) is 39.5. The first-order valence-electron chi connectivity index (χ1n) is 11.6. The molecular weight excluding hydrogens is 454 g/mol. The second-order valence-corrected chi connectivity index (χ2v) is 9.02. The third-order valence-electron chi connectivity index (χ3n) is 6.27. The third-order valence-corrected chi connectivity index (χ3v) is 6.27. The van der Waals surface area contributed by atoms with Gasteiger partial charge in [0.2, 0.25) is 0 Å². The van der Waals surface area contributed by atoms with E-state index in [-0.39, 0.29) is 42.3 Å². The maximum Gasteiger partial charge on any atom is 0.336 e. The van der Waals surface area contributed by atoms with Crippen molar-refractivity contribution in [2.45, 2.75) is 46.1 Å². The Morgan fingerprint density at radius 1 is 1.20 bits per heavy atom. The van der Waals surface area contributed by atoms with Gasteiger partial charge < -0.3 is 29.4 Å². The molecule has 1 aromatic carbocycles. The number of ether oxygens (including phenoxy) is 4. The first-order valence-corrected chi connectivity index (χ1v) is 11.6. The Balaban J connectivity index is 2.09. The molecule has 1 aromatic rings. The highest BCUT2D eigenvalue weighted by atomic mass is 16.6. The molecule has 0 amide bonds. The number of phenolic OH excluding ortho intramolecular Hbond substituents is 1. The summed E-state index contributed by atoms with van der Waals surface area (Å²) >= 11 is 0. The standard InChI is InChI=1S/C26H33NO8/c1-13(2)34-9-10-35-26(31)21-15(4)27-17-11-14(3)20(25(30)33-6)24(29)23(17)22(21)16-7-8-18(28)19(12-16)32-5/h7-8,12-14,20,22,27-28H,9-11H2,1-6H3/t14-,20-,22-/m1/s1. The van der Waals surface area contributed by atoms with E-state index in [1.54, 1.807) is 19.1 Å². The number of rotatable bonds is 8. The van der Waals surface area contributed by atoms with Gasteiger partial charge in [0.15, 0.2) is 17.3 Å². The zero-order valence-electron chi connectivity index (χ0n) is 21.0. The van der Waals surface area contributed by atoms with E-state index in [2.05, 4.69) is 5.32 Å². The van der Waals surface area contributed by atoms with Crippen molar-refractivity contribution in [3.05, 3.63) is 46.3 Å². The molecule has 3 atom stereocenters. The Morgan fingerprint density at radius 2 is 1.91 bits per heavy atom. The van der Waals surface area contributed by atoms with E-state index in [9.17, 15) is 19.5 Å². The molecule has 2 N–H and O–H groups in total. The SMILES string of the molecule is COC(=O)[C@H]1C(=O)C2=C(C[C@H]1C)NC(C)=C(C(=O)OCCOC(C)C)[C@H]2c1ccc(O)c(OC)c1. The minimum atomic E-state index is -0.989. The number of aromatic hydroxyl groups is 1. The number of methoxy groups -OCH3 is 2. The highest BCUT2D eigenvalue weighted by Crippen LogP contribution is 2.46. The number of Topliss-reactive ketones (excluding diaryl/α,β-unsaturated/α-hetero) is 1. The van der Waals surface area contributed by atoms with Crippen LogP contribution in [0.2, 0.25) is 0 Å². The summed E-state index contributed by atoms with van der Waals surface area (Å²) in [6.45, 7) is 7.61. The monoisotopic (exact) mass is 487 g/mol. The Bertz CT molecular complexity index is 1070. The lowest BCUT2D eigenvalue weighted by Gasteiger charge is -2.38. The highest BCUT2D eigenvalue weighted by Gasteiger charge is 2.47. The molecule has 9 heteroatoms. The molecule has 0 bridgehead atoms. The highest BCUT2D eigenvalue weighted by molar-refractivity contribution is 6.12. The average Bonchev–Trinajstić information content (AvgIpc) is 2.80. The molecule has 0 unspecified atom stereocenters. The van der Waals surface area contributed by atoms with Crippen molar-refractivity contribution >= 4 is 17.7 Å². The smallest absolute Gasteiger partial charge is 0.336 e. The van der Waals surface area contributed by atoms with E-state index in [1.165, 1.54) is 20.3 Å². The number of allylic oxidation sites excluding steroid dienone is 3. The molecule has 0 aromatic heterocycles. The van der Waals surface area contributed by atoms with Crippen LogP contribution in [0.5, 0.6) is 11.5 Å². The summed E-state index contributed by atoms with van der Waals surface area (Å²) in [6, 6.07) is 4.65. The first kappa shape index (κ1) is 26.3. The minimum absolute atomic E-state index is 0.00645. The second kappa shape index (κ2) is 10.9. The van der Waals surface area contributed by atoms with Crippen LogP contribution in [0.3, 0.4) is 0 Å². The molecule has 1 heterocycles. The summed E-state index contributed by atoms with van der Waals surface area (Å²) in [5, 5.41) is 13.3. The molecule has 35 heavy (non-hydrogen) atoms. The van der Waals surface area contributed by atoms with Gasteiger partial charge in [-0.2, -0.15) is 0 Å². The van der Waals surface area contributed by atoms with Crippen LogP contribution in [-0.4, -0.2) is 56.4 Å². The summed E-state index contributed by atoms with van der Waals surface area (Å²) in [6.07, 6.45) is 0.419. The molecule has 0 saturated heterocycles. The molecule has 1 aliphatic carbocycles. The van der Waals surface area contributed by atoms with E-state index in [0.29, 0.717) is 29.0 Å². The van der Waals surface area contributed by atoms with Crippen molar-refractivity contribution in [2.75, 3.05) is 27.4 Å². The van der Waals surface area contributed by atoms with Crippen LogP contribution in [0.4, 0.5) is 0 Å². The Hall–Kier alpha value is -3.33. The van der Waals surface area contributed by atoms with Crippen LogP contribution in [0.1, 0.15) is 45.6 Å². The number of benzene rings is 1. The molecular formula is C26H33NO8. The van der Waals surface area contributed by atoms with Crippen LogP contribution in [0.25, 0.3) is 0 Å². The number of carbonyl (C=O) groups excluding carboxylic acids is 3. The number of hydrogen-bond donors (Lipinski definition) is 2. The lowest BCUT2D eigenvalue weighted by atomic mass is 9.69. The van der Waals surface area contributed by atoms with Gasteiger partial charge in [-0.3, -0.25) is 9.59 Å². The number of phenols is 1. The fourth-order valence-corrected chi connectivity index (χ4v) is 4.65. The third kappa shape index (κ3) is 5.35. The van der Waals surface area contributed by atoms with E-state index in [0.717, 1.165) is 0 Å². The van der Waals surface area contributed by atoms with Crippen molar-refractivity contribution in [3.63, 3.8) is 0 Å². The van der Waals surface area contributed by atoms with Crippen molar-refractivity contribution in [1.82, 2.24) is 5.32 Å². The normalized spacial score (nSPS) is 22.0. The van der Waals surface area contributed by atoms with Crippen molar-refractivity contribution in [3.8, 4) is 11.5 Å². The number of ketones is 1. The van der Waals surface area contributed by atoms with E-state index < -0.39 is 29.6 Å².